The van der Waals surface area contributed by atoms with Crippen LogP contribution in [-0.2, 0) is 6.54 Å². The number of nitrogens with zero attached hydrogens (tertiary/aromatic N) is 5. The highest BCUT2D eigenvalue weighted by molar-refractivity contribution is 7.99. The fourth-order valence-electron chi connectivity index (χ4n) is 2.37. The number of fused-ring (bicyclic) bond motifs is 3. The number of halogens is 1. The van der Waals surface area contributed by atoms with Crippen molar-refractivity contribution in [2.45, 2.75) is 25.0 Å². The van der Waals surface area contributed by atoms with E-state index < -0.39 is 5.82 Å². The van der Waals surface area contributed by atoms with Crippen molar-refractivity contribution in [3.8, 4) is 6.07 Å². The van der Waals surface area contributed by atoms with Gasteiger partial charge in [0.2, 0.25) is 5.78 Å². The van der Waals surface area contributed by atoms with Crippen LogP contribution in [0.2, 0.25) is 0 Å². The summed E-state index contributed by atoms with van der Waals surface area (Å²) in [6.07, 6.45) is 0.740. The zero-order valence-electron chi connectivity index (χ0n) is 11.8. The van der Waals surface area contributed by atoms with Gasteiger partial charge < -0.3 is 0 Å². The quantitative estimate of drug-likeness (QED) is 0.690. The molecular weight excluding hydrogens is 305 g/mol. The van der Waals surface area contributed by atoms with Crippen LogP contribution in [0, 0.1) is 17.1 Å². The Bertz CT molecular complexity index is 956. The van der Waals surface area contributed by atoms with Crippen LogP contribution in [0.25, 0.3) is 16.7 Å². The summed E-state index contributed by atoms with van der Waals surface area (Å²) in [5, 5.41) is 17.7. The van der Waals surface area contributed by atoms with Gasteiger partial charge in [-0.2, -0.15) is 5.26 Å². The van der Waals surface area contributed by atoms with Gasteiger partial charge in [0.25, 0.3) is 5.56 Å². The Hall–Kier alpha value is -2.40. The molecule has 0 N–H and O–H groups in total. The van der Waals surface area contributed by atoms with E-state index in [1.165, 1.54) is 34.5 Å². The van der Waals surface area contributed by atoms with Crippen molar-refractivity contribution in [2.75, 3.05) is 5.75 Å². The standard InChI is InChI=1S/C14H12FN5OS/c1-2-6-19-12(21)10-8-9(15)3-4-11(10)20-13(19)17-18-14(20)22-7-5-16/h3-4,8H,2,6-7H2,1H3. The first kappa shape index (κ1) is 14.5. The third kappa shape index (κ3) is 2.23. The lowest BCUT2D eigenvalue weighted by atomic mass is 10.2. The monoisotopic (exact) mass is 317 g/mol. The lowest BCUT2D eigenvalue weighted by molar-refractivity contribution is 0.627. The average Bonchev–Trinajstić information content (AvgIpc) is 2.93. The third-order valence-corrected chi connectivity index (χ3v) is 4.04. The van der Waals surface area contributed by atoms with Crippen molar-refractivity contribution in [3.05, 3.63) is 34.4 Å². The molecule has 0 aliphatic heterocycles. The van der Waals surface area contributed by atoms with Crippen LogP contribution in [0.5, 0.6) is 0 Å². The van der Waals surface area contributed by atoms with Gasteiger partial charge in [0.1, 0.15) is 5.82 Å². The van der Waals surface area contributed by atoms with Crippen LogP contribution in [-0.4, -0.2) is 24.9 Å². The molecule has 0 amide bonds. The average molecular weight is 317 g/mol. The van der Waals surface area contributed by atoms with E-state index in [0.717, 1.165) is 6.42 Å². The maximum Gasteiger partial charge on any atom is 0.262 e. The van der Waals surface area contributed by atoms with E-state index in [1.54, 1.807) is 4.40 Å². The highest BCUT2D eigenvalue weighted by Crippen LogP contribution is 2.21. The highest BCUT2D eigenvalue weighted by atomic mass is 32.2. The molecule has 1 aromatic carbocycles. The summed E-state index contributed by atoms with van der Waals surface area (Å²) >= 11 is 1.23. The molecule has 0 unspecified atom stereocenters. The first-order valence-corrected chi connectivity index (χ1v) is 7.73. The lowest BCUT2D eigenvalue weighted by Crippen LogP contribution is -2.23. The minimum absolute atomic E-state index is 0.219. The Morgan fingerprint density at radius 3 is 2.95 bits per heavy atom. The summed E-state index contributed by atoms with van der Waals surface area (Å²) in [5.74, 6) is 0.161. The Morgan fingerprint density at radius 1 is 1.41 bits per heavy atom. The molecule has 0 saturated heterocycles. The minimum Gasteiger partial charge on any atom is -0.276 e. The van der Waals surface area contributed by atoms with Crippen LogP contribution in [0.15, 0.2) is 28.2 Å². The SMILES string of the molecule is CCCn1c(=O)c2cc(F)ccc2n2c(SCC#N)nnc12. The molecule has 3 rings (SSSR count). The van der Waals surface area contributed by atoms with Crippen molar-refractivity contribution in [3.63, 3.8) is 0 Å². The van der Waals surface area contributed by atoms with Crippen LogP contribution in [0.3, 0.4) is 0 Å². The number of aromatic nitrogens is 4. The molecule has 0 fully saturated rings. The van der Waals surface area contributed by atoms with E-state index in [1.807, 2.05) is 13.0 Å². The van der Waals surface area contributed by atoms with Gasteiger partial charge in [0.05, 0.1) is 22.7 Å². The highest BCUT2D eigenvalue weighted by Gasteiger charge is 2.16. The molecule has 2 aromatic heterocycles. The Kier molecular flexibility index (Phi) is 3.81. The van der Waals surface area contributed by atoms with Gasteiger partial charge in [-0.05, 0) is 24.6 Å². The number of hydrogen-bond donors (Lipinski definition) is 0. The number of rotatable bonds is 4. The molecule has 0 aliphatic rings. The Morgan fingerprint density at radius 2 is 2.23 bits per heavy atom. The Labute approximate surface area is 129 Å². The second kappa shape index (κ2) is 5.77. The number of nitriles is 1. The summed E-state index contributed by atoms with van der Waals surface area (Å²) in [6, 6.07) is 6.09. The smallest absolute Gasteiger partial charge is 0.262 e. The third-order valence-electron chi connectivity index (χ3n) is 3.25. The summed E-state index contributed by atoms with van der Waals surface area (Å²) in [7, 11) is 0. The van der Waals surface area contributed by atoms with E-state index in [0.29, 0.717) is 23.0 Å². The molecule has 0 radical (unpaired) electrons. The molecule has 0 aliphatic carbocycles. The van der Waals surface area contributed by atoms with Crippen LogP contribution < -0.4 is 5.56 Å². The molecule has 3 aromatic rings. The van der Waals surface area contributed by atoms with Gasteiger partial charge in [0, 0.05) is 6.54 Å². The summed E-state index contributed by atoms with van der Waals surface area (Å²) in [4.78, 5) is 12.6. The minimum atomic E-state index is -0.466. The van der Waals surface area contributed by atoms with Gasteiger partial charge in [-0.3, -0.25) is 13.8 Å². The van der Waals surface area contributed by atoms with E-state index in [9.17, 15) is 9.18 Å². The molecule has 0 atom stereocenters. The number of benzene rings is 1. The van der Waals surface area contributed by atoms with Gasteiger partial charge in [0.15, 0.2) is 5.16 Å². The van der Waals surface area contributed by atoms with Gasteiger partial charge in [-0.1, -0.05) is 18.7 Å². The fourth-order valence-corrected chi connectivity index (χ4v) is 2.98. The van der Waals surface area contributed by atoms with Crippen LogP contribution in [0.4, 0.5) is 4.39 Å². The van der Waals surface area contributed by atoms with Gasteiger partial charge in [-0.25, -0.2) is 4.39 Å². The fraction of sp³-hybridized carbons (Fsp3) is 0.286. The Balaban J connectivity index is 2.43. The van der Waals surface area contributed by atoms with E-state index in [-0.39, 0.29) is 16.7 Å². The normalized spacial score (nSPS) is 11.1. The maximum atomic E-state index is 13.5. The van der Waals surface area contributed by atoms with Crippen molar-refractivity contribution in [1.82, 2.24) is 19.2 Å². The molecule has 0 bridgehead atoms. The molecule has 2 heterocycles. The van der Waals surface area contributed by atoms with Gasteiger partial charge in [-0.15, -0.1) is 10.2 Å². The second-order valence-electron chi connectivity index (χ2n) is 4.68. The molecule has 0 spiro atoms. The predicted octanol–water partition coefficient (Wildman–Crippen LogP) is 2.21. The molecular formula is C14H12FN5OS. The molecule has 112 valence electrons. The summed E-state index contributed by atoms with van der Waals surface area (Å²) in [5.41, 5.74) is 0.257. The first-order chi connectivity index (χ1) is 10.7. The zero-order chi connectivity index (χ0) is 15.7. The molecule has 8 heteroatoms. The van der Waals surface area contributed by atoms with E-state index in [4.69, 9.17) is 5.26 Å². The van der Waals surface area contributed by atoms with Crippen LogP contribution in [0.1, 0.15) is 13.3 Å². The number of thioether (sulfide) groups is 1. The predicted molar refractivity (Wildman–Crippen MR) is 81.3 cm³/mol. The zero-order valence-corrected chi connectivity index (χ0v) is 12.6. The second-order valence-corrected chi connectivity index (χ2v) is 5.63. The number of aryl methyl sites for hydroxylation is 1. The van der Waals surface area contributed by atoms with E-state index in [2.05, 4.69) is 10.2 Å². The lowest BCUT2D eigenvalue weighted by Gasteiger charge is -2.10. The summed E-state index contributed by atoms with van der Waals surface area (Å²) < 4.78 is 16.7. The molecule has 6 nitrogen and oxygen atoms in total. The largest absolute Gasteiger partial charge is 0.276 e. The maximum absolute atomic E-state index is 13.5. The van der Waals surface area contributed by atoms with Crippen molar-refractivity contribution in [2.24, 2.45) is 0 Å². The van der Waals surface area contributed by atoms with Crippen LogP contribution >= 0.6 is 11.8 Å². The van der Waals surface area contributed by atoms with Crippen molar-refractivity contribution >= 4 is 28.4 Å². The van der Waals surface area contributed by atoms with Gasteiger partial charge >= 0.3 is 0 Å². The number of hydrogen-bond acceptors (Lipinski definition) is 5. The molecule has 0 saturated carbocycles. The first-order valence-electron chi connectivity index (χ1n) is 6.74. The molecule has 22 heavy (non-hydrogen) atoms. The topological polar surface area (TPSA) is 76.0 Å². The van der Waals surface area contributed by atoms with Crippen molar-refractivity contribution in [1.29, 1.82) is 5.26 Å². The van der Waals surface area contributed by atoms with Crippen molar-refractivity contribution < 1.29 is 4.39 Å². The van der Waals surface area contributed by atoms with E-state index >= 15 is 0 Å². The summed E-state index contributed by atoms with van der Waals surface area (Å²) in [6.45, 7) is 2.41.